The average molecular weight is 208 g/mol. The van der Waals surface area contributed by atoms with Crippen LogP contribution < -0.4 is 0 Å². The van der Waals surface area contributed by atoms with E-state index in [1.165, 1.54) is 6.92 Å². The van der Waals surface area contributed by atoms with Gasteiger partial charge in [0, 0.05) is 6.92 Å². The lowest BCUT2D eigenvalue weighted by molar-refractivity contribution is -0.142. The molecule has 1 aromatic rings. The lowest BCUT2D eigenvalue weighted by Gasteiger charge is -2.03. The summed E-state index contributed by atoms with van der Waals surface area (Å²) in [5.41, 5.74) is 1.50. The molecule has 0 atom stereocenters. The number of carbonyl (C=O) groups is 2. The van der Waals surface area contributed by atoms with Gasteiger partial charge in [0.15, 0.2) is 0 Å². The molecule has 4 nitrogen and oxygen atoms in total. The fourth-order valence-electron chi connectivity index (χ4n) is 1.19. The number of rotatable bonds is 4. The standard InChI is InChI=1S/C11H12O4/c1-8(12)15-7-10-4-2-3-9(5-10)6-11(13)14/h2-5H,6-7H2,1H3,(H,13,14). The summed E-state index contributed by atoms with van der Waals surface area (Å²) < 4.78 is 4.80. The number of esters is 1. The predicted molar refractivity (Wildman–Crippen MR) is 53.3 cm³/mol. The van der Waals surface area contributed by atoms with E-state index in [0.717, 1.165) is 5.56 Å². The third kappa shape index (κ3) is 4.26. The van der Waals surface area contributed by atoms with Gasteiger partial charge in [0.25, 0.3) is 0 Å². The zero-order chi connectivity index (χ0) is 11.3. The summed E-state index contributed by atoms with van der Waals surface area (Å²) in [6.45, 7) is 1.52. The van der Waals surface area contributed by atoms with Crippen LogP contribution in [0.2, 0.25) is 0 Å². The third-order valence-corrected chi connectivity index (χ3v) is 1.79. The average Bonchev–Trinajstić information content (AvgIpc) is 2.14. The Hall–Kier alpha value is -1.84. The highest BCUT2D eigenvalue weighted by molar-refractivity contribution is 5.70. The van der Waals surface area contributed by atoms with Crippen LogP contribution >= 0.6 is 0 Å². The van der Waals surface area contributed by atoms with E-state index in [1.807, 2.05) is 0 Å². The van der Waals surface area contributed by atoms with E-state index >= 15 is 0 Å². The van der Waals surface area contributed by atoms with Gasteiger partial charge in [0.2, 0.25) is 0 Å². The molecule has 0 aliphatic rings. The van der Waals surface area contributed by atoms with Gasteiger partial charge < -0.3 is 9.84 Å². The van der Waals surface area contributed by atoms with E-state index in [1.54, 1.807) is 24.3 Å². The van der Waals surface area contributed by atoms with Gasteiger partial charge >= 0.3 is 11.9 Å². The maximum absolute atomic E-state index is 10.6. The summed E-state index contributed by atoms with van der Waals surface area (Å²) in [6.07, 6.45) is -0.0199. The smallest absolute Gasteiger partial charge is 0.307 e. The van der Waals surface area contributed by atoms with Gasteiger partial charge in [-0.25, -0.2) is 0 Å². The van der Waals surface area contributed by atoms with Crippen LogP contribution in [0, 0.1) is 0 Å². The van der Waals surface area contributed by atoms with Crippen molar-refractivity contribution in [2.45, 2.75) is 20.0 Å². The van der Waals surface area contributed by atoms with Crippen LogP contribution in [0.5, 0.6) is 0 Å². The number of hydrogen-bond acceptors (Lipinski definition) is 3. The molecule has 4 heteroatoms. The van der Waals surface area contributed by atoms with Crippen molar-refractivity contribution in [2.24, 2.45) is 0 Å². The van der Waals surface area contributed by atoms with Crippen molar-refractivity contribution in [2.75, 3.05) is 0 Å². The first kappa shape index (κ1) is 11.2. The first-order valence-corrected chi connectivity index (χ1v) is 4.51. The molecular formula is C11H12O4. The predicted octanol–water partition coefficient (Wildman–Crippen LogP) is 1.38. The van der Waals surface area contributed by atoms with Crippen molar-refractivity contribution in [1.29, 1.82) is 0 Å². The first-order chi connectivity index (χ1) is 7.08. The fraction of sp³-hybridized carbons (Fsp3) is 0.273. The van der Waals surface area contributed by atoms with Gasteiger partial charge in [-0.15, -0.1) is 0 Å². The molecule has 0 amide bonds. The van der Waals surface area contributed by atoms with Crippen LogP contribution in [0.15, 0.2) is 24.3 Å². The third-order valence-electron chi connectivity index (χ3n) is 1.79. The molecule has 1 aromatic carbocycles. The highest BCUT2D eigenvalue weighted by Crippen LogP contribution is 2.07. The normalized spacial score (nSPS) is 9.67. The Labute approximate surface area is 87.5 Å². The molecule has 0 aromatic heterocycles. The minimum Gasteiger partial charge on any atom is -0.481 e. The lowest BCUT2D eigenvalue weighted by atomic mass is 10.1. The largest absolute Gasteiger partial charge is 0.481 e. The fourth-order valence-corrected chi connectivity index (χ4v) is 1.19. The quantitative estimate of drug-likeness (QED) is 0.759. The Kier molecular flexibility index (Phi) is 3.85. The summed E-state index contributed by atoms with van der Waals surface area (Å²) in [4.78, 5) is 21.0. The Bertz CT molecular complexity index is 371. The summed E-state index contributed by atoms with van der Waals surface area (Å²) >= 11 is 0. The molecule has 0 aliphatic heterocycles. The molecule has 0 saturated carbocycles. The molecule has 0 radical (unpaired) electrons. The van der Waals surface area contributed by atoms with E-state index < -0.39 is 5.97 Å². The Morgan fingerprint density at radius 1 is 1.33 bits per heavy atom. The lowest BCUT2D eigenvalue weighted by Crippen LogP contribution is -2.02. The topological polar surface area (TPSA) is 63.6 Å². The van der Waals surface area contributed by atoms with E-state index in [4.69, 9.17) is 9.84 Å². The van der Waals surface area contributed by atoms with Crippen LogP contribution in [0.4, 0.5) is 0 Å². The molecule has 0 saturated heterocycles. The Morgan fingerprint density at radius 2 is 2.00 bits per heavy atom. The number of benzene rings is 1. The van der Waals surface area contributed by atoms with E-state index in [0.29, 0.717) is 5.56 Å². The van der Waals surface area contributed by atoms with Crippen molar-refractivity contribution in [1.82, 2.24) is 0 Å². The molecule has 0 fully saturated rings. The van der Waals surface area contributed by atoms with Crippen molar-refractivity contribution >= 4 is 11.9 Å². The van der Waals surface area contributed by atoms with Gasteiger partial charge in [-0.05, 0) is 11.1 Å². The van der Waals surface area contributed by atoms with Crippen LogP contribution in [0.3, 0.4) is 0 Å². The summed E-state index contributed by atoms with van der Waals surface area (Å²) in [7, 11) is 0. The number of carbonyl (C=O) groups excluding carboxylic acids is 1. The molecular weight excluding hydrogens is 196 g/mol. The monoisotopic (exact) mass is 208 g/mol. The minimum atomic E-state index is -0.875. The zero-order valence-electron chi connectivity index (χ0n) is 8.40. The number of ether oxygens (including phenoxy) is 1. The molecule has 15 heavy (non-hydrogen) atoms. The molecule has 80 valence electrons. The number of carboxylic acid groups (broad SMARTS) is 1. The van der Waals surface area contributed by atoms with E-state index in [2.05, 4.69) is 0 Å². The maximum Gasteiger partial charge on any atom is 0.307 e. The van der Waals surface area contributed by atoms with E-state index in [-0.39, 0.29) is 19.0 Å². The summed E-state index contributed by atoms with van der Waals surface area (Å²) in [5.74, 6) is -1.22. The number of hydrogen-bond donors (Lipinski definition) is 1. The van der Waals surface area contributed by atoms with Gasteiger partial charge in [-0.2, -0.15) is 0 Å². The maximum atomic E-state index is 10.6. The Balaban J connectivity index is 2.65. The van der Waals surface area contributed by atoms with Crippen LogP contribution in [-0.4, -0.2) is 17.0 Å². The van der Waals surface area contributed by atoms with Crippen LogP contribution in [0.25, 0.3) is 0 Å². The van der Waals surface area contributed by atoms with Gasteiger partial charge in [-0.3, -0.25) is 9.59 Å². The van der Waals surface area contributed by atoms with E-state index in [9.17, 15) is 9.59 Å². The highest BCUT2D eigenvalue weighted by Gasteiger charge is 2.02. The highest BCUT2D eigenvalue weighted by atomic mass is 16.5. The van der Waals surface area contributed by atoms with Crippen LogP contribution in [-0.2, 0) is 27.4 Å². The molecule has 0 heterocycles. The molecule has 0 unspecified atom stereocenters. The minimum absolute atomic E-state index is 0.0199. The second-order valence-electron chi connectivity index (χ2n) is 3.17. The first-order valence-electron chi connectivity index (χ1n) is 4.51. The van der Waals surface area contributed by atoms with Crippen molar-refractivity contribution in [3.8, 4) is 0 Å². The van der Waals surface area contributed by atoms with Crippen molar-refractivity contribution in [3.05, 3.63) is 35.4 Å². The number of carboxylic acids is 1. The molecule has 0 bridgehead atoms. The second-order valence-corrected chi connectivity index (χ2v) is 3.17. The SMILES string of the molecule is CC(=O)OCc1cccc(CC(=O)O)c1. The second kappa shape index (κ2) is 5.14. The summed E-state index contributed by atoms with van der Waals surface area (Å²) in [6, 6.07) is 6.98. The molecule has 0 aliphatic carbocycles. The zero-order valence-corrected chi connectivity index (χ0v) is 8.40. The van der Waals surface area contributed by atoms with Gasteiger partial charge in [0.1, 0.15) is 6.61 Å². The summed E-state index contributed by atoms with van der Waals surface area (Å²) in [5, 5.41) is 8.59. The van der Waals surface area contributed by atoms with Gasteiger partial charge in [0.05, 0.1) is 6.42 Å². The van der Waals surface area contributed by atoms with Crippen molar-refractivity contribution < 1.29 is 19.4 Å². The van der Waals surface area contributed by atoms with Crippen molar-refractivity contribution in [3.63, 3.8) is 0 Å². The molecule has 1 N–H and O–H groups in total. The van der Waals surface area contributed by atoms with Gasteiger partial charge in [-0.1, -0.05) is 24.3 Å². The number of aliphatic carboxylic acids is 1. The Morgan fingerprint density at radius 3 is 2.60 bits per heavy atom. The molecule has 1 rings (SSSR count). The molecule has 0 spiro atoms. The van der Waals surface area contributed by atoms with Crippen LogP contribution in [0.1, 0.15) is 18.1 Å².